The van der Waals surface area contributed by atoms with Crippen molar-refractivity contribution in [2.45, 2.75) is 6.42 Å². The number of allylic oxidation sites excluding steroid dienone is 1. The summed E-state index contributed by atoms with van der Waals surface area (Å²) in [7, 11) is 0. The van der Waals surface area contributed by atoms with Crippen LogP contribution in [-0.2, 0) is 6.42 Å². The van der Waals surface area contributed by atoms with Crippen molar-refractivity contribution in [1.29, 1.82) is 0 Å². The molecule has 0 bridgehead atoms. The number of fused-ring (bicyclic) bond motifs is 1. The Labute approximate surface area is 104 Å². The number of aromatic nitrogens is 1. The van der Waals surface area contributed by atoms with E-state index in [1.54, 1.807) is 24.4 Å². The van der Waals surface area contributed by atoms with E-state index in [9.17, 15) is 10.1 Å². The Balaban J connectivity index is 2.14. The number of benzene rings is 1. The monoisotopic (exact) mass is 238 g/mol. The summed E-state index contributed by atoms with van der Waals surface area (Å²) in [4.78, 5) is 15.0. The van der Waals surface area contributed by atoms with Crippen LogP contribution < -0.4 is 0 Å². The molecule has 0 aliphatic heterocycles. The Morgan fingerprint density at radius 3 is 2.94 bits per heavy atom. The Hall–Kier alpha value is -2.49. The topological polar surface area (TPSA) is 56.0 Å². The summed E-state index contributed by atoms with van der Waals surface area (Å²) in [5.41, 5.74) is 3.60. The first-order valence-corrected chi connectivity index (χ1v) is 5.65. The quantitative estimate of drug-likeness (QED) is 0.596. The Bertz CT molecular complexity index is 663. The number of nitrogens with zero attached hydrogens (tertiary/aromatic N) is 2. The number of pyridine rings is 1. The van der Waals surface area contributed by atoms with Crippen LogP contribution in [0.25, 0.3) is 17.2 Å². The van der Waals surface area contributed by atoms with E-state index in [-0.39, 0.29) is 10.6 Å². The molecule has 0 saturated heterocycles. The fourth-order valence-electron chi connectivity index (χ4n) is 2.16. The van der Waals surface area contributed by atoms with Crippen molar-refractivity contribution < 1.29 is 4.92 Å². The summed E-state index contributed by atoms with van der Waals surface area (Å²) in [6.07, 6.45) is 6.55. The van der Waals surface area contributed by atoms with Crippen molar-refractivity contribution in [2.75, 3.05) is 0 Å². The van der Waals surface area contributed by atoms with E-state index in [0.717, 1.165) is 23.2 Å². The fraction of sp³-hybridized carbons (Fsp3) is 0.0714. The molecule has 18 heavy (non-hydrogen) atoms. The summed E-state index contributed by atoms with van der Waals surface area (Å²) in [5.74, 6) is 0. The average molecular weight is 238 g/mol. The Kier molecular flexibility index (Phi) is 2.41. The van der Waals surface area contributed by atoms with E-state index in [1.165, 1.54) is 6.07 Å². The Morgan fingerprint density at radius 1 is 1.28 bits per heavy atom. The van der Waals surface area contributed by atoms with Gasteiger partial charge in [0.2, 0.25) is 0 Å². The van der Waals surface area contributed by atoms with Crippen LogP contribution in [0, 0.1) is 10.1 Å². The highest BCUT2D eigenvalue weighted by Crippen LogP contribution is 2.31. The third-order valence-corrected chi connectivity index (χ3v) is 3.03. The maximum Gasteiger partial charge on any atom is 0.277 e. The molecule has 0 radical (unpaired) electrons. The van der Waals surface area contributed by atoms with Crippen molar-refractivity contribution in [2.24, 2.45) is 0 Å². The van der Waals surface area contributed by atoms with E-state index < -0.39 is 0 Å². The molecule has 0 unspecified atom stereocenters. The van der Waals surface area contributed by atoms with Gasteiger partial charge in [-0.15, -0.1) is 0 Å². The second kappa shape index (κ2) is 4.07. The maximum atomic E-state index is 11.0. The van der Waals surface area contributed by atoms with E-state index in [2.05, 4.69) is 4.98 Å². The highest BCUT2D eigenvalue weighted by molar-refractivity contribution is 5.74. The Morgan fingerprint density at radius 2 is 2.11 bits per heavy atom. The molecule has 0 saturated carbocycles. The van der Waals surface area contributed by atoms with E-state index in [1.807, 2.05) is 18.2 Å². The predicted molar refractivity (Wildman–Crippen MR) is 69.1 cm³/mol. The molecule has 2 aromatic rings. The van der Waals surface area contributed by atoms with Crippen LogP contribution in [0.5, 0.6) is 0 Å². The van der Waals surface area contributed by atoms with Crippen LogP contribution in [-0.4, -0.2) is 9.91 Å². The van der Waals surface area contributed by atoms with Gasteiger partial charge in [0.05, 0.1) is 16.2 Å². The minimum absolute atomic E-state index is 0.116. The zero-order valence-electron chi connectivity index (χ0n) is 9.54. The third kappa shape index (κ3) is 1.68. The molecule has 0 fully saturated rings. The average Bonchev–Trinajstić information content (AvgIpc) is 2.85. The molecule has 1 aromatic carbocycles. The van der Waals surface area contributed by atoms with E-state index in [4.69, 9.17) is 0 Å². The molecule has 4 heteroatoms. The van der Waals surface area contributed by atoms with E-state index >= 15 is 0 Å². The van der Waals surface area contributed by atoms with Gasteiger partial charge in [0, 0.05) is 17.8 Å². The van der Waals surface area contributed by atoms with Crippen LogP contribution in [0.4, 0.5) is 5.69 Å². The first kappa shape index (κ1) is 10.7. The lowest BCUT2D eigenvalue weighted by Crippen LogP contribution is -1.94. The van der Waals surface area contributed by atoms with Crippen LogP contribution in [0.15, 0.2) is 42.6 Å². The number of nitro benzene ring substituents is 1. The van der Waals surface area contributed by atoms with Gasteiger partial charge in [-0.25, -0.2) is 0 Å². The van der Waals surface area contributed by atoms with Gasteiger partial charge in [0.25, 0.3) is 5.69 Å². The molecule has 0 N–H and O–H groups in total. The lowest BCUT2D eigenvalue weighted by atomic mass is 10.0. The number of para-hydroxylation sites is 1. The molecule has 1 aliphatic carbocycles. The molecular weight excluding hydrogens is 228 g/mol. The largest absolute Gasteiger partial charge is 0.277 e. The number of hydrogen-bond donors (Lipinski definition) is 0. The van der Waals surface area contributed by atoms with Gasteiger partial charge in [0.15, 0.2) is 0 Å². The van der Waals surface area contributed by atoms with Crippen molar-refractivity contribution in [3.63, 3.8) is 0 Å². The number of hydrogen-bond acceptors (Lipinski definition) is 3. The van der Waals surface area contributed by atoms with Crippen molar-refractivity contribution >= 4 is 11.8 Å². The number of rotatable bonds is 2. The van der Waals surface area contributed by atoms with Gasteiger partial charge in [-0.2, -0.15) is 0 Å². The molecule has 1 aromatic heterocycles. The van der Waals surface area contributed by atoms with Crippen LogP contribution in [0.1, 0.15) is 11.3 Å². The minimum Gasteiger partial charge on any atom is -0.258 e. The van der Waals surface area contributed by atoms with Crippen molar-refractivity contribution in [3.8, 4) is 11.1 Å². The SMILES string of the molecule is O=[N+]([O-])c1ccccc1-c1cnc2c(c1)CC=C2. The zero-order valence-corrected chi connectivity index (χ0v) is 9.54. The predicted octanol–water partition coefficient (Wildman–Crippen LogP) is 3.23. The first-order chi connectivity index (χ1) is 8.75. The lowest BCUT2D eigenvalue weighted by Gasteiger charge is -2.05. The normalized spacial score (nSPS) is 12.4. The second-order valence-corrected chi connectivity index (χ2v) is 4.15. The first-order valence-electron chi connectivity index (χ1n) is 5.65. The van der Waals surface area contributed by atoms with Gasteiger partial charge < -0.3 is 0 Å². The molecule has 1 heterocycles. The third-order valence-electron chi connectivity index (χ3n) is 3.03. The highest BCUT2D eigenvalue weighted by atomic mass is 16.6. The van der Waals surface area contributed by atoms with Crippen LogP contribution in [0.2, 0.25) is 0 Å². The molecular formula is C14H10N2O2. The molecule has 0 amide bonds. The highest BCUT2D eigenvalue weighted by Gasteiger charge is 2.16. The van der Waals surface area contributed by atoms with Crippen LogP contribution >= 0.6 is 0 Å². The summed E-state index contributed by atoms with van der Waals surface area (Å²) < 4.78 is 0. The smallest absolute Gasteiger partial charge is 0.258 e. The van der Waals surface area contributed by atoms with Crippen LogP contribution in [0.3, 0.4) is 0 Å². The van der Waals surface area contributed by atoms with Gasteiger partial charge in [0.1, 0.15) is 0 Å². The summed E-state index contributed by atoms with van der Waals surface area (Å²) >= 11 is 0. The minimum atomic E-state index is -0.360. The van der Waals surface area contributed by atoms with Gasteiger partial charge in [-0.1, -0.05) is 18.2 Å². The van der Waals surface area contributed by atoms with E-state index in [0.29, 0.717) is 5.56 Å². The van der Waals surface area contributed by atoms with Crippen molar-refractivity contribution in [1.82, 2.24) is 4.98 Å². The molecule has 4 nitrogen and oxygen atoms in total. The van der Waals surface area contributed by atoms with Gasteiger partial charge in [-0.05, 0) is 30.2 Å². The summed E-state index contributed by atoms with van der Waals surface area (Å²) in [6.45, 7) is 0. The molecule has 88 valence electrons. The summed E-state index contributed by atoms with van der Waals surface area (Å²) in [5, 5.41) is 11.0. The number of nitro groups is 1. The van der Waals surface area contributed by atoms with Crippen molar-refractivity contribution in [3.05, 3.63) is 64.0 Å². The second-order valence-electron chi connectivity index (χ2n) is 4.15. The fourth-order valence-corrected chi connectivity index (χ4v) is 2.16. The molecule has 0 atom stereocenters. The molecule has 3 rings (SSSR count). The zero-order chi connectivity index (χ0) is 12.5. The molecule has 0 spiro atoms. The standard InChI is InChI=1S/C14H10N2O2/c17-16(18)14-7-2-1-5-12(14)11-8-10-4-3-6-13(10)15-9-11/h1-3,5-9H,4H2. The molecule has 1 aliphatic rings. The lowest BCUT2D eigenvalue weighted by molar-refractivity contribution is -0.384. The summed E-state index contributed by atoms with van der Waals surface area (Å²) in [6, 6.07) is 8.72. The maximum absolute atomic E-state index is 11.0. The van der Waals surface area contributed by atoms with Gasteiger partial charge in [-0.3, -0.25) is 15.1 Å². The van der Waals surface area contributed by atoms with Gasteiger partial charge >= 0.3 is 0 Å².